The van der Waals surface area contributed by atoms with E-state index in [4.69, 9.17) is 5.73 Å². The van der Waals surface area contributed by atoms with Crippen LogP contribution in [0, 0.1) is 18.6 Å². The Morgan fingerprint density at radius 2 is 1.75 bits per heavy atom. The highest BCUT2D eigenvalue weighted by Crippen LogP contribution is 2.27. The molecule has 0 aliphatic carbocycles. The van der Waals surface area contributed by atoms with Crippen molar-refractivity contribution >= 4 is 16.7 Å². The van der Waals surface area contributed by atoms with Gasteiger partial charge in [-0.25, -0.2) is 18.7 Å². The molecule has 0 aliphatic heterocycles. The summed E-state index contributed by atoms with van der Waals surface area (Å²) in [4.78, 5) is 8.38. The summed E-state index contributed by atoms with van der Waals surface area (Å²) in [6, 6.07) is 9.41. The van der Waals surface area contributed by atoms with Crippen molar-refractivity contribution in [1.82, 2.24) is 9.97 Å². The van der Waals surface area contributed by atoms with Crippen molar-refractivity contribution in [2.75, 3.05) is 5.73 Å². The van der Waals surface area contributed by atoms with Crippen molar-refractivity contribution in [2.45, 2.75) is 6.92 Å². The molecule has 0 radical (unpaired) electrons. The summed E-state index contributed by atoms with van der Waals surface area (Å²) in [5, 5.41) is 0.700. The molecule has 2 aromatic carbocycles. The number of aromatic nitrogens is 2. The first-order chi connectivity index (χ1) is 9.58. The van der Waals surface area contributed by atoms with E-state index in [0.717, 1.165) is 11.6 Å². The van der Waals surface area contributed by atoms with Crippen LogP contribution in [0.5, 0.6) is 0 Å². The monoisotopic (exact) mass is 271 g/mol. The first kappa shape index (κ1) is 12.5. The molecule has 3 aromatic rings. The summed E-state index contributed by atoms with van der Waals surface area (Å²) in [6.45, 7) is 1.88. The maximum absolute atomic E-state index is 13.8. The molecule has 0 spiro atoms. The van der Waals surface area contributed by atoms with Crippen LogP contribution in [-0.2, 0) is 0 Å². The summed E-state index contributed by atoms with van der Waals surface area (Å²) in [5.74, 6) is -1.58. The van der Waals surface area contributed by atoms with Crippen molar-refractivity contribution < 1.29 is 8.78 Å². The van der Waals surface area contributed by atoms with Gasteiger partial charge < -0.3 is 5.73 Å². The molecule has 0 atom stereocenters. The number of anilines is 1. The van der Waals surface area contributed by atoms with Crippen LogP contribution in [0.4, 0.5) is 14.6 Å². The van der Waals surface area contributed by atoms with E-state index in [1.165, 1.54) is 12.1 Å². The summed E-state index contributed by atoms with van der Waals surface area (Å²) >= 11 is 0. The molecule has 3 nitrogen and oxygen atoms in total. The van der Waals surface area contributed by atoms with E-state index < -0.39 is 11.6 Å². The van der Waals surface area contributed by atoms with Gasteiger partial charge in [0, 0.05) is 5.39 Å². The van der Waals surface area contributed by atoms with Crippen LogP contribution in [0.25, 0.3) is 22.3 Å². The molecule has 0 unspecified atom stereocenters. The molecule has 0 saturated carbocycles. The predicted octanol–water partition coefficient (Wildman–Crippen LogP) is 3.47. The van der Waals surface area contributed by atoms with Gasteiger partial charge in [-0.1, -0.05) is 18.2 Å². The summed E-state index contributed by atoms with van der Waals surface area (Å²) < 4.78 is 27.1. The van der Waals surface area contributed by atoms with E-state index in [0.29, 0.717) is 10.9 Å². The molecule has 5 heteroatoms. The second-order valence-electron chi connectivity index (χ2n) is 4.50. The third kappa shape index (κ3) is 1.87. The fourth-order valence-corrected chi connectivity index (χ4v) is 2.12. The van der Waals surface area contributed by atoms with Crippen LogP contribution in [0.3, 0.4) is 0 Å². The molecule has 1 aromatic heterocycles. The minimum absolute atomic E-state index is 0.00172. The second-order valence-corrected chi connectivity index (χ2v) is 4.50. The molecular formula is C15H11F2N3. The van der Waals surface area contributed by atoms with Gasteiger partial charge in [-0.05, 0) is 30.7 Å². The van der Waals surface area contributed by atoms with Gasteiger partial charge in [-0.15, -0.1) is 0 Å². The topological polar surface area (TPSA) is 51.8 Å². The number of rotatable bonds is 1. The molecule has 0 aliphatic rings. The number of nitrogens with two attached hydrogens (primary N) is 1. The third-order valence-corrected chi connectivity index (χ3v) is 3.15. The highest BCUT2D eigenvalue weighted by molar-refractivity contribution is 5.91. The van der Waals surface area contributed by atoms with Crippen molar-refractivity contribution in [2.24, 2.45) is 0 Å². The molecule has 0 bridgehead atoms. The maximum Gasteiger partial charge on any atom is 0.169 e. The van der Waals surface area contributed by atoms with Crippen molar-refractivity contribution in [3.05, 3.63) is 53.6 Å². The van der Waals surface area contributed by atoms with Crippen LogP contribution in [0.15, 0.2) is 36.4 Å². The third-order valence-electron chi connectivity index (χ3n) is 3.15. The van der Waals surface area contributed by atoms with E-state index in [2.05, 4.69) is 9.97 Å². The van der Waals surface area contributed by atoms with E-state index >= 15 is 0 Å². The molecule has 0 amide bonds. The normalized spacial score (nSPS) is 10.9. The van der Waals surface area contributed by atoms with Crippen molar-refractivity contribution in [3.8, 4) is 11.4 Å². The van der Waals surface area contributed by atoms with Crippen molar-refractivity contribution in [1.29, 1.82) is 0 Å². The summed E-state index contributed by atoms with van der Waals surface area (Å²) in [7, 11) is 0. The standard InChI is InChI=1S/C15H11F2N3/c1-8-4-2-6-10-13(8)19-15(20-14(10)18)9-5-3-7-11(16)12(9)17/h2-7H,1H3,(H2,18,19,20). The Morgan fingerprint density at radius 1 is 1.00 bits per heavy atom. The highest BCUT2D eigenvalue weighted by Gasteiger charge is 2.14. The van der Waals surface area contributed by atoms with Crippen LogP contribution in [0.2, 0.25) is 0 Å². The number of nitrogen functional groups attached to an aromatic ring is 1. The van der Waals surface area contributed by atoms with Crippen molar-refractivity contribution in [3.63, 3.8) is 0 Å². The van der Waals surface area contributed by atoms with Crippen LogP contribution in [0.1, 0.15) is 5.56 Å². The Kier molecular flexibility index (Phi) is 2.82. The van der Waals surface area contributed by atoms with E-state index in [-0.39, 0.29) is 17.2 Å². The number of aryl methyl sites for hydroxylation is 1. The smallest absolute Gasteiger partial charge is 0.169 e. The largest absolute Gasteiger partial charge is 0.383 e. The Labute approximate surface area is 114 Å². The van der Waals surface area contributed by atoms with Gasteiger partial charge in [-0.2, -0.15) is 0 Å². The van der Waals surface area contributed by atoms with Gasteiger partial charge in [0.25, 0.3) is 0 Å². The Morgan fingerprint density at radius 3 is 2.55 bits per heavy atom. The lowest BCUT2D eigenvalue weighted by atomic mass is 10.1. The van der Waals surface area contributed by atoms with Crippen LogP contribution in [-0.4, -0.2) is 9.97 Å². The average Bonchev–Trinajstić information content (AvgIpc) is 2.43. The molecule has 100 valence electrons. The molecule has 20 heavy (non-hydrogen) atoms. The first-order valence-corrected chi connectivity index (χ1v) is 6.05. The predicted molar refractivity (Wildman–Crippen MR) is 74.0 cm³/mol. The quantitative estimate of drug-likeness (QED) is 0.737. The zero-order valence-electron chi connectivity index (χ0n) is 10.7. The zero-order valence-corrected chi connectivity index (χ0v) is 10.7. The average molecular weight is 271 g/mol. The van der Waals surface area contributed by atoms with Crippen LogP contribution < -0.4 is 5.73 Å². The van der Waals surface area contributed by atoms with Gasteiger partial charge in [-0.3, -0.25) is 0 Å². The molecule has 3 rings (SSSR count). The van der Waals surface area contributed by atoms with Gasteiger partial charge in [0.1, 0.15) is 5.82 Å². The molecule has 0 fully saturated rings. The maximum atomic E-state index is 13.8. The van der Waals surface area contributed by atoms with E-state index in [9.17, 15) is 8.78 Å². The number of nitrogens with zero attached hydrogens (tertiary/aromatic N) is 2. The number of halogens is 2. The lowest BCUT2D eigenvalue weighted by molar-refractivity contribution is 0.510. The SMILES string of the molecule is Cc1cccc2c(N)nc(-c3cccc(F)c3F)nc12. The number of hydrogen-bond acceptors (Lipinski definition) is 3. The van der Waals surface area contributed by atoms with Gasteiger partial charge in [0.15, 0.2) is 17.5 Å². The second kappa shape index (κ2) is 4.52. The fraction of sp³-hybridized carbons (Fsp3) is 0.0667. The first-order valence-electron chi connectivity index (χ1n) is 6.05. The lowest BCUT2D eigenvalue weighted by Crippen LogP contribution is -2.01. The van der Waals surface area contributed by atoms with E-state index in [1.54, 1.807) is 6.07 Å². The Hall–Kier alpha value is -2.56. The molecule has 1 heterocycles. The lowest BCUT2D eigenvalue weighted by Gasteiger charge is -2.08. The summed E-state index contributed by atoms with van der Waals surface area (Å²) in [6.07, 6.45) is 0. The minimum atomic E-state index is -0.972. The summed E-state index contributed by atoms with van der Waals surface area (Å²) in [5.41, 5.74) is 7.42. The zero-order chi connectivity index (χ0) is 14.3. The van der Waals surface area contributed by atoms with Gasteiger partial charge >= 0.3 is 0 Å². The van der Waals surface area contributed by atoms with Crippen LogP contribution >= 0.6 is 0 Å². The number of benzene rings is 2. The van der Waals surface area contributed by atoms with E-state index in [1.807, 2.05) is 19.1 Å². The Balaban J connectivity index is 2.33. The van der Waals surface area contributed by atoms with Gasteiger partial charge in [0.2, 0.25) is 0 Å². The highest BCUT2D eigenvalue weighted by atomic mass is 19.2. The number of hydrogen-bond donors (Lipinski definition) is 1. The van der Waals surface area contributed by atoms with Gasteiger partial charge in [0.05, 0.1) is 11.1 Å². The molecular weight excluding hydrogens is 260 g/mol. The molecule has 2 N–H and O–H groups in total. The Bertz CT molecular complexity index is 816. The number of para-hydroxylation sites is 1. The number of fused-ring (bicyclic) bond motifs is 1. The molecule has 0 saturated heterocycles. The minimum Gasteiger partial charge on any atom is -0.383 e. The fourth-order valence-electron chi connectivity index (χ4n) is 2.12.